The van der Waals surface area contributed by atoms with Crippen molar-refractivity contribution in [2.45, 2.75) is 33.8 Å². The van der Waals surface area contributed by atoms with Gasteiger partial charge in [-0.1, -0.05) is 18.5 Å². The fraction of sp³-hybridized carbons (Fsp3) is 0.375. The van der Waals surface area contributed by atoms with Gasteiger partial charge in [-0.25, -0.2) is 9.97 Å². The fourth-order valence-electron chi connectivity index (χ4n) is 1.96. The number of ether oxygens (including phenoxy) is 1. The van der Waals surface area contributed by atoms with E-state index in [1.165, 1.54) is 0 Å². The first kappa shape index (κ1) is 15.6. The SMILES string of the molecule is CCCNc1cc(C)nc(COc2ccc(Cl)cc2C)n1. The highest BCUT2D eigenvalue weighted by molar-refractivity contribution is 6.30. The van der Waals surface area contributed by atoms with Crippen LogP contribution in [0.5, 0.6) is 5.75 Å². The smallest absolute Gasteiger partial charge is 0.168 e. The van der Waals surface area contributed by atoms with Crippen LogP contribution in [0.15, 0.2) is 24.3 Å². The lowest BCUT2D eigenvalue weighted by molar-refractivity contribution is 0.293. The number of rotatable bonds is 6. The highest BCUT2D eigenvalue weighted by Gasteiger charge is 2.05. The quantitative estimate of drug-likeness (QED) is 0.871. The van der Waals surface area contributed by atoms with Gasteiger partial charge < -0.3 is 10.1 Å². The summed E-state index contributed by atoms with van der Waals surface area (Å²) in [6.45, 7) is 7.27. The van der Waals surface area contributed by atoms with E-state index in [0.29, 0.717) is 17.5 Å². The number of hydrogen-bond acceptors (Lipinski definition) is 4. The van der Waals surface area contributed by atoms with Crippen molar-refractivity contribution in [2.75, 3.05) is 11.9 Å². The van der Waals surface area contributed by atoms with Crippen molar-refractivity contribution in [1.29, 1.82) is 0 Å². The van der Waals surface area contributed by atoms with Crippen molar-refractivity contribution in [3.05, 3.63) is 46.4 Å². The largest absolute Gasteiger partial charge is 0.485 e. The highest BCUT2D eigenvalue weighted by Crippen LogP contribution is 2.22. The Morgan fingerprint density at radius 1 is 1.19 bits per heavy atom. The molecule has 5 heteroatoms. The third-order valence-corrected chi connectivity index (χ3v) is 3.19. The zero-order chi connectivity index (χ0) is 15.2. The lowest BCUT2D eigenvalue weighted by Gasteiger charge is -2.10. The molecule has 0 bridgehead atoms. The first-order valence-corrected chi connectivity index (χ1v) is 7.43. The first-order valence-electron chi connectivity index (χ1n) is 7.06. The minimum atomic E-state index is 0.338. The summed E-state index contributed by atoms with van der Waals surface area (Å²) in [6, 6.07) is 7.49. The van der Waals surface area contributed by atoms with E-state index in [4.69, 9.17) is 16.3 Å². The molecule has 0 saturated heterocycles. The van der Waals surface area contributed by atoms with E-state index in [0.717, 1.165) is 35.8 Å². The average Bonchev–Trinajstić information content (AvgIpc) is 2.43. The van der Waals surface area contributed by atoms with Gasteiger partial charge in [-0.3, -0.25) is 0 Å². The maximum absolute atomic E-state index is 5.94. The highest BCUT2D eigenvalue weighted by atomic mass is 35.5. The minimum absolute atomic E-state index is 0.338. The summed E-state index contributed by atoms with van der Waals surface area (Å²) >= 11 is 5.94. The van der Waals surface area contributed by atoms with E-state index in [1.54, 1.807) is 0 Å². The summed E-state index contributed by atoms with van der Waals surface area (Å²) in [7, 11) is 0. The zero-order valence-electron chi connectivity index (χ0n) is 12.6. The van der Waals surface area contributed by atoms with Gasteiger partial charge in [0.05, 0.1) is 0 Å². The van der Waals surface area contributed by atoms with E-state index in [1.807, 2.05) is 38.1 Å². The molecule has 0 amide bonds. The van der Waals surface area contributed by atoms with Gasteiger partial charge in [-0.2, -0.15) is 0 Å². The summed E-state index contributed by atoms with van der Waals surface area (Å²) in [5, 5.41) is 3.97. The number of aromatic nitrogens is 2. The Hall–Kier alpha value is -1.81. The predicted molar refractivity (Wildman–Crippen MR) is 86.1 cm³/mol. The Bertz CT molecular complexity index is 616. The molecule has 0 fully saturated rings. The van der Waals surface area contributed by atoms with Crippen LogP contribution in [0.1, 0.15) is 30.4 Å². The minimum Gasteiger partial charge on any atom is -0.485 e. The normalized spacial score (nSPS) is 10.5. The molecule has 2 aromatic rings. The van der Waals surface area contributed by atoms with Gasteiger partial charge in [0.15, 0.2) is 5.82 Å². The van der Waals surface area contributed by atoms with E-state index in [2.05, 4.69) is 22.2 Å². The van der Waals surface area contributed by atoms with Crippen molar-refractivity contribution >= 4 is 17.4 Å². The van der Waals surface area contributed by atoms with Gasteiger partial charge in [0, 0.05) is 23.3 Å². The van der Waals surface area contributed by atoms with Crippen LogP contribution in [0, 0.1) is 13.8 Å². The molecule has 0 atom stereocenters. The molecule has 0 unspecified atom stereocenters. The average molecular weight is 306 g/mol. The number of halogens is 1. The molecular formula is C16H20ClN3O. The third-order valence-electron chi connectivity index (χ3n) is 2.95. The second-order valence-corrected chi connectivity index (χ2v) is 5.37. The molecule has 21 heavy (non-hydrogen) atoms. The molecule has 0 aliphatic carbocycles. The number of nitrogens with one attached hydrogen (secondary N) is 1. The molecule has 0 radical (unpaired) electrons. The summed E-state index contributed by atoms with van der Waals surface area (Å²) in [5.74, 6) is 2.31. The Kier molecular flexibility index (Phi) is 5.39. The number of hydrogen-bond donors (Lipinski definition) is 1. The lowest BCUT2D eigenvalue weighted by Crippen LogP contribution is -2.08. The van der Waals surface area contributed by atoms with Crippen LogP contribution in [0.2, 0.25) is 5.02 Å². The van der Waals surface area contributed by atoms with E-state index >= 15 is 0 Å². The van der Waals surface area contributed by atoms with Crippen molar-refractivity contribution in [2.24, 2.45) is 0 Å². The molecule has 0 saturated carbocycles. The van der Waals surface area contributed by atoms with Crippen molar-refractivity contribution in [1.82, 2.24) is 9.97 Å². The molecular weight excluding hydrogens is 286 g/mol. The van der Waals surface area contributed by atoms with Gasteiger partial charge in [-0.15, -0.1) is 0 Å². The standard InChI is InChI=1S/C16H20ClN3O/c1-4-7-18-15-9-12(3)19-16(20-15)10-21-14-6-5-13(17)8-11(14)2/h5-6,8-9H,4,7,10H2,1-3H3,(H,18,19,20). The zero-order valence-corrected chi connectivity index (χ0v) is 13.4. The van der Waals surface area contributed by atoms with E-state index < -0.39 is 0 Å². The molecule has 1 heterocycles. The molecule has 2 rings (SSSR count). The Morgan fingerprint density at radius 3 is 2.71 bits per heavy atom. The molecule has 1 aromatic carbocycles. The lowest BCUT2D eigenvalue weighted by atomic mass is 10.2. The topological polar surface area (TPSA) is 47.0 Å². The van der Waals surface area contributed by atoms with E-state index in [9.17, 15) is 0 Å². The first-order chi connectivity index (χ1) is 10.1. The Balaban J connectivity index is 2.07. The van der Waals surface area contributed by atoms with Gasteiger partial charge >= 0.3 is 0 Å². The Morgan fingerprint density at radius 2 is 2.00 bits per heavy atom. The maximum Gasteiger partial charge on any atom is 0.168 e. The van der Waals surface area contributed by atoms with Crippen LogP contribution >= 0.6 is 11.6 Å². The van der Waals surface area contributed by atoms with Gasteiger partial charge in [0.25, 0.3) is 0 Å². The van der Waals surface area contributed by atoms with Gasteiger partial charge in [0.2, 0.25) is 0 Å². The summed E-state index contributed by atoms with van der Waals surface area (Å²) in [5.41, 5.74) is 1.93. The van der Waals surface area contributed by atoms with Crippen LogP contribution < -0.4 is 10.1 Å². The molecule has 112 valence electrons. The van der Waals surface area contributed by atoms with Crippen LogP contribution in [0.3, 0.4) is 0 Å². The fourth-order valence-corrected chi connectivity index (χ4v) is 2.18. The van der Waals surface area contributed by atoms with Crippen LogP contribution in [0.25, 0.3) is 0 Å². The second kappa shape index (κ2) is 7.27. The molecule has 4 nitrogen and oxygen atoms in total. The Labute approximate surface area is 130 Å². The van der Waals surface area contributed by atoms with Crippen LogP contribution in [-0.4, -0.2) is 16.5 Å². The van der Waals surface area contributed by atoms with Crippen LogP contribution in [0.4, 0.5) is 5.82 Å². The number of anilines is 1. The predicted octanol–water partition coefficient (Wildman–Crippen LogP) is 4.15. The second-order valence-electron chi connectivity index (χ2n) is 4.94. The molecule has 1 aromatic heterocycles. The summed E-state index contributed by atoms with van der Waals surface area (Å²) in [6.07, 6.45) is 1.05. The number of aryl methyl sites for hydroxylation is 2. The van der Waals surface area contributed by atoms with Crippen molar-refractivity contribution in [3.8, 4) is 5.75 Å². The monoisotopic (exact) mass is 305 g/mol. The van der Waals surface area contributed by atoms with Gasteiger partial charge in [-0.05, 0) is 44.0 Å². The molecule has 0 spiro atoms. The molecule has 0 aliphatic rings. The summed E-state index contributed by atoms with van der Waals surface area (Å²) < 4.78 is 5.78. The third kappa shape index (κ3) is 4.60. The van der Waals surface area contributed by atoms with Crippen molar-refractivity contribution < 1.29 is 4.74 Å². The molecule has 1 N–H and O–H groups in total. The number of benzene rings is 1. The van der Waals surface area contributed by atoms with Crippen LogP contribution in [-0.2, 0) is 6.61 Å². The summed E-state index contributed by atoms with van der Waals surface area (Å²) in [4.78, 5) is 8.86. The number of nitrogens with zero attached hydrogens (tertiary/aromatic N) is 2. The molecule has 0 aliphatic heterocycles. The van der Waals surface area contributed by atoms with E-state index in [-0.39, 0.29) is 0 Å². The van der Waals surface area contributed by atoms with Gasteiger partial charge in [0.1, 0.15) is 18.2 Å². The van der Waals surface area contributed by atoms with Crippen molar-refractivity contribution in [3.63, 3.8) is 0 Å². The maximum atomic E-state index is 5.94.